The van der Waals surface area contributed by atoms with Crippen molar-refractivity contribution in [1.82, 2.24) is 4.57 Å². The van der Waals surface area contributed by atoms with Crippen molar-refractivity contribution < 1.29 is 9.59 Å². The zero-order valence-corrected chi connectivity index (χ0v) is 15.5. The Morgan fingerprint density at radius 2 is 1.88 bits per heavy atom. The van der Waals surface area contributed by atoms with Gasteiger partial charge >= 0.3 is 0 Å². The number of nitrogens with one attached hydrogen (secondary N) is 1. The van der Waals surface area contributed by atoms with Crippen molar-refractivity contribution in [3.63, 3.8) is 0 Å². The van der Waals surface area contributed by atoms with E-state index in [1.54, 1.807) is 28.9 Å². The summed E-state index contributed by atoms with van der Waals surface area (Å²) in [5.74, 6) is -0.901. The first kappa shape index (κ1) is 17.4. The number of halogens is 1. The number of aromatic nitrogens is 1. The SMILES string of the molecule is Cc1ccc(N2C[C@@H](C(=O)Nc3cn(C)cc(Br)c3=O)CC2=O)cc1. The van der Waals surface area contributed by atoms with Crippen molar-refractivity contribution in [2.75, 3.05) is 16.8 Å². The summed E-state index contributed by atoms with van der Waals surface area (Å²) >= 11 is 3.18. The van der Waals surface area contributed by atoms with Crippen molar-refractivity contribution in [3.8, 4) is 0 Å². The summed E-state index contributed by atoms with van der Waals surface area (Å²) in [7, 11) is 1.76. The second kappa shape index (κ2) is 6.84. The molecule has 25 heavy (non-hydrogen) atoms. The zero-order chi connectivity index (χ0) is 18.1. The van der Waals surface area contributed by atoms with Crippen LogP contribution in [0.15, 0.2) is 45.9 Å². The van der Waals surface area contributed by atoms with Gasteiger partial charge in [-0.05, 0) is 35.0 Å². The van der Waals surface area contributed by atoms with Gasteiger partial charge in [0.05, 0.1) is 10.4 Å². The van der Waals surface area contributed by atoms with Gasteiger partial charge in [0.1, 0.15) is 5.69 Å². The van der Waals surface area contributed by atoms with Gasteiger partial charge in [-0.25, -0.2) is 0 Å². The second-order valence-electron chi connectivity index (χ2n) is 6.24. The third-order valence-electron chi connectivity index (χ3n) is 4.21. The van der Waals surface area contributed by atoms with Crippen LogP contribution < -0.4 is 15.6 Å². The van der Waals surface area contributed by atoms with Crippen molar-refractivity contribution in [3.05, 3.63) is 56.9 Å². The number of hydrogen-bond acceptors (Lipinski definition) is 3. The molecule has 6 nitrogen and oxygen atoms in total. The Morgan fingerprint density at radius 3 is 2.56 bits per heavy atom. The van der Waals surface area contributed by atoms with E-state index in [2.05, 4.69) is 21.2 Å². The van der Waals surface area contributed by atoms with E-state index in [0.29, 0.717) is 11.0 Å². The van der Waals surface area contributed by atoms with Crippen LogP contribution in [0.5, 0.6) is 0 Å². The molecule has 1 atom stereocenters. The molecule has 0 radical (unpaired) electrons. The molecule has 0 saturated carbocycles. The fraction of sp³-hybridized carbons (Fsp3) is 0.278. The van der Waals surface area contributed by atoms with Gasteiger partial charge in [0.15, 0.2) is 0 Å². The molecule has 0 bridgehead atoms. The van der Waals surface area contributed by atoms with Gasteiger partial charge in [0, 0.05) is 38.1 Å². The standard InChI is InChI=1S/C18H18BrN3O3/c1-11-3-5-13(6-4-11)22-8-12(7-16(22)23)18(25)20-15-10-21(2)9-14(19)17(15)24/h3-6,9-10,12H,7-8H2,1-2H3,(H,20,25)/t12-/m0/s1. The van der Waals surface area contributed by atoms with Gasteiger partial charge < -0.3 is 14.8 Å². The van der Waals surface area contributed by atoms with Gasteiger partial charge in [0.2, 0.25) is 17.2 Å². The summed E-state index contributed by atoms with van der Waals surface area (Å²) in [5.41, 5.74) is 1.80. The predicted molar refractivity (Wildman–Crippen MR) is 99.7 cm³/mol. The molecule has 0 aliphatic carbocycles. The lowest BCUT2D eigenvalue weighted by Crippen LogP contribution is -2.29. The number of rotatable bonds is 3. The first-order valence-corrected chi connectivity index (χ1v) is 8.68. The molecule has 1 N–H and O–H groups in total. The third-order valence-corrected chi connectivity index (χ3v) is 4.78. The van der Waals surface area contributed by atoms with Crippen LogP contribution in [0.4, 0.5) is 11.4 Å². The average molecular weight is 404 g/mol. The van der Waals surface area contributed by atoms with Crippen molar-refractivity contribution in [2.45, 2.75) is 13.3 Å². The fourth-order valence-corrected chi connectivity index (χ4v) is 3.38. The molecule has 2 heterocycles. The summed E-state index contributed by atoms with van der Waals surface area (Å²) in [5, 5.41) is 2.65. The zero-order valence-electron chi connectivity index (χ0n) is 14.0. The van der Waals surface area contributed by atoms with Crippen LogP contribution in [-0.2, 0) is 16.6 Å². The molecular weight excluding hydrogens is 386 g/mol. The van der Waals surface area contributed by atoms with E-state index in [4.69, 9.17) is 0 Å². The Bertz CT molecular complexity index is 889. The molecule has 3 rings (SSSR count). The normalized spacial score (nSPS) is 17.0. The number of carbonyl (C=O) groups is 2. The lowest BCUT2D eigenvalue weighted by Gasteiger charge is -2.17. The van der Waals surface area contributed by atoms with Crippen LogP contribution in [0.25, 0.3) is 0 Å². The Labute approximate surface area is 153 Å². The molecule has 0 spiro atoms. The Balaban J connectivity index is 1.75. The molecule has 1 fully saturated rings. The van der Waals surface area contributed by atoms with Gasteiger partial charge in [0.25, 0.3) is 0 Å². The van der Waals surface area contributed by atoms with E-state index in [1.165, 1.54) is 0 Å². The number of aryl methyl sites for hydroxylation is 2. The highest BCUT2D eigenvalue weighted by atomic mass is 79.9. The molecule has 1 saturated heterocycles. The van der Waals surface area contributed by atoms with Crippen LogP contribution in [0, 0.1) is 12.8 Å². The monoisotopic (exact) mass is 403 g/mol. The molecule has 1 aromatic carbocycles. The number of nitrogens with zero attached hydrogens (tertiary/aromatic N) is 2. The van der Waals surface area contributed by atoms with Crippen molar-refractivity contribution in [1.29, 1.82) is 0 Å². The predicted octanol–water partition coefficient (Wildman–Crippen LogP) is 2.45. The van der Waals surface area contributed by atoms with Gasteiger partial charge in [-0.15, -0.1) is 0 Å². The average Bonchev–Trinajstić information content (AvgIpc) is 2.95. The van der Waals surface area contributed by atoms with Gasteiger partial charge in [-0.3, -0.25) is 14.4 Å². The highest BCUT2D eigenvalue weighted by Gasteiger charge is 2.35. The van der Waals surface area contributed by atoms with E-state index in [0.717, 1.165) is 11.3 Å². The Morgan fingerprint density at radius 1 is 1.20 bits per heavy atom. The molecule has 2 amide bonds. The maximum atomic E-state index is 12.5. The van der Waals surface area contributed by atoms with E-state index in [9.17, 15) is 14.4 Å². The largest absolute Gasteiger partial charge is 0.354 e. The number of anilines is 2. The first-order valence-electron chi connectivity index (χ1n) is 7.89. The lowest BCUT2D eigenvalue weighted by molar-refractivity contribution is -0.122. The minimum absolute atomic E-state index is 0.0915. The number of hydrogen-bond donors (Lipinski definition) is 1. The van der Waals surface area contributed by atoms with Crippen LogP contribution in [-0.4, -0.2) is 22.9 Å². The molecule has 130 valence electrons. The van der Waals surface area contributed by atoms with Crippen LogP contribution >= 0.6 is 15.9 Å². The molecule has 1 aliphatic heterocycles. The van der Waals surface area contributed by atoms with Gasteiger partial charge in [-0.2, -0.15) is 0 Å². The molecule has 0 unspecified atom stereocenters. The Kier molecular flexibility index (Phi) is 4.76. The van der Waals surface area contributed by atoms with Gasteiger partial charge in [-0.1, -0.05) is 17.7 Å². The molecule has 1 aliphatic rings. The summed E-state index contributed by atoms with van der Waals surface area (Å²) in [6, 6.07) is 7.61. The highest BCUT2D eigenvalue weighted by Crippen LogP contribution is 2.26. The van der Waals surface area contributed by atoms with E-state index in [-0.39, 0.29) is 29.4 Å². The first-order chi connectivity index (χ1) is 11.8. The number of amides is 2. The number of carbonyl (C=O) groups excluding carboxylic acids is 2. The second-order valence-corrected chi connectivity index (χ2v) is 7.10. The van der Waals surface area contributed by atoms with E-state index < -0.39 is 5.92 Å². The number of pyridine rings is 1. The fourth-order valence-electron chi connectivity index (χ4n) is 2.85. The van der Waals surface area contributed by atoms with Crippen molar-refractivity contribution in [2.24, 2.45) is 13.0 Å². The summed E-state index contributed by atoms with van der Waals surface area (Å²) in [6.45, 7) is 2.28. The van der Waals surface area contributed by atoms with E-state index in [1.807, 2.05) is 31.2 Å². The molecular formula is C18H18BrN3O3. The smallest absolute Gasteiger partial charge is 0.229 e. The minimum atomic E-state index is -0.488. The van der Waals surface area contributed by atoms with Crippen LogP contribution in [0.2, 0.25) is 0 Å². The quantitative estimate of drug-likeness (QED) is 0.855. The van der Waals surface area contributed by atoms with Crippen LogP contribution in [0.1, 0.15) is 12.0 Å². The topological polar surface area (TPSA) is 71.4 Å². The van der Waals surface area contributed by atoms with Crippen molar-refractivity contribution >= 4 is 39.1 Å². The number of benzene rings is 1. The molecule has 2 aromatic rings. The molecule has 1 aromatic heterocycles. The maximum absolute atomic E-state index is 12.5. The molecule has 7 heteroatoms. The third kappa shape index (κ3) is 3.66. The highest BCUT2D eigenvalue weighted by molar-refractivity contribution is 9.10. The summed E-state index contributed by atoms with van der Waals surface area (Å²) < 4.78 is 2.05. The lowest BCUT2D eigenvalue weighted by atomic mass is 10.1. The summed E-state index contributed by atoms with van der Waals surface area (Å²) in [6.07, 6.45) is 3.31. The summed E-state index contributed by atoms with van der Waals surface area (Å²) in [4.78, 5) is 38.5. The maximum Gasteiger partial charge on any atom is 0.229 e. The Hall–Kier alpha value is -2.41. The van der Waals surface area contributed by atoms with E-state index >= 15 is 0 Å². The van der Waals surface area contributed by atoms with Crippen LogP contribution in [0.3, 0.4) is 0 Å². The minimum Gasteiger partial charge on any atom is -0.354 e.